The quantitative estimate of drug-likeness (QED) is 0.769. The third-order valence-corrected chi connectivity index (χ3v) is 3.96. The maximum atomic E-state index is 14.2. The van der Waals surface area contributed by atoms with Crippen LogP contribution < -0.4 is 5.32 Å². The molecule has 8 heteroatoms. The number of hydrogen-bond donors (Lipinski definition) is 2. The number of alkyl halides is 4. The summed E-state index contributed by atoms with van der Waals surface area (Å²) in [5, 5.41) is 11.3. The maximum Gasteiger partial charge on any atom is 0.416 e. The van der Waals surface area contributed by atoms with Gasteiger partial charge in [-0.2, -0.15) is 13.2 Å². The number of aliphatic carboxylic acids is 1. The summed E-state index contributed by atoms with van der Waals surface area (Å²) in [5.41, 5.74) is -2.36. The highest BCUT2D eigenvalue weighted by molar-refractivity contribution is 5.83. The first-order valence-corrected chi connectivity index (χ1v) is 7.22. The zero-order chi connectivity index (χ0) is 18.7. The Morgan fingerprint density at radius 3 is 2.04 bits per heavy atom. The molecule has 0 aliphatic rings. The predicted octanol–water partition coefficient (Wildman–Crippen LogP) is 3.72. The van der Waals surface area contributed by atoms with Crippen molar-refractivity contribution >= 4 is 11.9 Å². The summed E-state index contributed by atoms with van der Waals surface area (Å²) < 4.78 is 51.7. The van der Waals surface area contributed by atoms with Crippen molar-refractivity contribution in [3.63, 3.8) is 0 Å². The van der Waals surface area contributed by atoms with Crippen molar-refractivity contribution < 1.29 is 32.3 Å². The van der Waals surface area contributed by atoms with E-state index in [1.807, 2.05) is 0 Å². The maximum absolute atomic E-state index is 14.2. The summed E-state index contributed by atoms with van der Waals surface area (Å²) in [6.45, 7) is 4.83. The lowest BCUT2D eigenvalue weighted by atomic mass is 9.85. The summed E-state index contributed by atoms with van der Waals surface area (Å²) in [7, 11) is 0. The van der Waals surface area contributed by atoms with Gasteiger partial charge in [-0.25, -0.2) is 4.39 Å². The Labute approximate surface area is 136 Å². The van der Waals surface area contributed by atoms with Crippen molar-refractivity contribution in [2.45, 2.75) is 45.1 Å². The highest BCUT2D eigenvalue weighted by atomic mass is 19.4. The first-order valence-electron chi connectivity index (χ1n) is 7.22. The Morgan fingerprint density at radius 1 is 1.17 bits per heavy atom. The summed E-state index contributed by atoms with van der Waals surface area (Å²) >= 11 is 0. The number of benzene rings is 1. The molecule has 4 nitrogen and oxygen atoms in total. The van der Waals surface area contributed by atoms with E-state index >= 15 is 0 Å². The van der Waals surface area contributed by atoms with Crippen molar-refractivity contribution in [2.75, 3.05) is 0 Å². The molecule has 0 heterocycles. The lowest BCUT2D eigenvalue weighted by Crippen LogP contribution is -2.52. The summed E-state index contributed by atoms with van der Waals surface area (Å²) in [6, 6.07) is 3.15. The van der Waals surface area contributed by atoms with Crippen molar-refractivity contribution in [2.24, 2.45) is 5.92 Å². The number of carbonyl (C=O) groups excluding carboxylic acids is 1. The molecule has 0 spiro atoms. The van der Waals surface area contributed by atoms with Crippen LogP contribution in [0.15, 0.2) is 24.3 Å². The lowest BCUT2D eigenvalue weighted by Gasteiger charge is -2.34. The van der Waals surface area contributed by atoms with Crippen LogP contribution in [-0.4, -0.2) is 22.5 Å². The van der Waals surface area contributed by atoms with Gasteiger partial charge < -0.3 is 10.4 Å². The standard InChI is InChI=1S/C16H19F4NO3/c1-9(2)15(3,8-12(22)23)21-14(24)13(17)10-4-6-11(7-5-10)16(18,19)20/h4-7,9,13H,8H2,1-3H3,(H,21,24)(H,22,23). The van der Waals surface area contributed by atoms with Gasteiger partial charge in [0.2, 0.25) is 6.17 Å². The van der Waals surface area contributed by atoms with Crippen LogP contribution in [0.5, 0.6) is 0 Å². The average molecular weight is 349 g/mol. The zero-order valence-electron chi connectivity index (χ0n) is 13.4. The molecular formula is C16H19F4NO3. The van der Waals surface area contributed by atoms with Gasteiger partial charge in [-0.3, -0.25) is 9.59 Å². The number of carboxylic acids is 1. The van der Waals surface area contributed by atoms with Crippen LogP contribution in [0.1, 0.15) is 44.5 Å². The van der Waals surface area contributed by atoms with Gasteiger partial charge in [-0.05, 0) is 30.5 Å². The molecule has 1 aromatic rings. The second kappa shape index (κ2) is 7.19. The Bertz CT molecular complexity index is 598. The molecule has 0 aromatic heterocycles. The normalized spacial score (nSPS) is 15.7. The van der Waals surface area contributed by atoms with E-state index in [1.54, 1.807) is 13.8 Å². The molecule has 0 fully saturated rings. The molecule has 0 radical (unpaired) electrons. The Balaban J connectivity index is 2.92. The Kier molecular flexibility index (Phi) is 5.97. The summed E-state index contributed by atoms with van der Waals surface area (Å²) in [5.74, 6) is -2.54. The van der Waals surface area contributed by atoms with Crippen LogP contribution in [0.4, 0.5) is 17.6 Å². The van der Waals surface area contributed by atoms with Crippen molar-refractivity contribution in [1.82, 2.24) is 5.32 Å². The molecule has 2 unspecified atom stereocenters. The molecule has 24 heavy (non-hydrogen) atoms. The molecule has 0 saturated heterocycles. The molecule has 134 valence electrons. The monoisotopic (exact) mass is 349 g/mol. The first kappa shape index (κ1) is 19.9. The van der Waals surface area contributed by atoms with Gasteiger partial charge >= 0.3 is 12.1 Å². The minimum Gasteiger partial charge on any atom is -0.481 e. The number of carboxylic acid groups (broad SMARTS) is 1. The van der Waals surface area contributed by atoms with Gasteiger partial charge in [0.05, 0.1) is 17.5 Å². The molecule has 1 amide bonds. The SMILES string of the molecule is CC(C)C(C)(CC(=O)O)NC(=O)C(F)c1ccc(C(F)(F)F)cc1. The van der Waals surface area contributed by atoms with Crippen molar-refractivity contribution in [3.8, 4) is 0 Å². The van der Waals surface area contributed by atoms with Crippen molar-refractivity contribution in [3.05, 3.63) is 35.4 Å². The third-order valence-electron chi connectivity index (χ3n) is 3.96. The van der Waals surface area contributed by atoms with Crippen LogP contribution in [0, 0.1) is 5.92 Å². The van der Waals surface area contributed by atoms with Crippen LogP contribution >= 0.6 is 0 Å². The van der Waals surface area contributed by atoms with E-state index in [-0.39, 0.29) is 11.5 Å². The number of hydrogen-bond acceptors (Lipinski definition) is 2. The lowest BCUT2D eigenvalue weighted by molar-refractivity contribution is -0.140. The second-order valence-electron chi connectivity index (χ2n) is 6.11. The fourth-order valence-electron chi connectivity index (χ4n) is 2.04. The summed E-state index contributed by atoms with van der Waals surface area (Å²) in [4.78, 5) is 22.9. The predicted molar refractivity (Wildman–Crippen MR) is 78.9 cm³/mol. The largest absolute Gasteiger partial charge is 0.481 e. The molecule has 2 N–H and O–H groups in total. The van der Waals surface area contributed by atoms with Gasteiger partial charge in [0.15, 0.2) is 0 Å². The Hall–Kier alpha value is -2.12. The van der Waals surface area contributed by atoms with Crippen LogP contribution in [-0.2, 0) is 15.8 Å². The van der Waals surface area contributed by atoms with E-state index in [4.69, 9.17) is 5.11 Å². The number of nitrogens with one attached hydrogen (secondary N) is 1. The minimum atomic E-state index is -4.55. The molecule has 0 saturated carbocycles. The van der Waals surface area contributed by atoms with Crippen molar-refractivity contribution in [1.29, 1.82) is 0 Å². The molecule has 1 aromatic carbocycles. The number of halogens is 4. The first-order chi connectivity index (χ1) is 10.9. The second-order valence-corrected chi connectivity index (χ2v) is 6.11. The fourth-order valence-corrected chi connectivity index (χ4v) is 2.04. The van der Waals surface area contributed by atoms with E-state index in [0.717, 1.165) is 12.1 Å². The number of amides is 1. The highest BCUT2D eigenvalue weighted by Crippen LogP contribution is 2.31. The molecule has 2 atom stereocenters. The minimum absolute atomic E-state index is 0.234. The summed E-state index contributed by atoms with van der Waals surface area (Å²) in [6.07, 6.45) is -7.15. The molecule has 0 aliphatic carbocycles. The molecular weight excluding hydrogens is 330 g/mol. The van der Waals surface area contributed by atoms with Gasteiger partial charge in [0, 0.05) is 0 Å². The third kappa shape index (κ3) is 4.94. The van der Waals surface area contributed by atoms with Crippen LogP contribution in [0.3, 0.4) is 0 Å². The van der Waals surface area contributed by atoms with Gasteiger partial charge in [0.1, 0.15) is 0 Å². The van der Waals surface area contributed by atoms with Gasteiger partial charge in [0.25, 0.3) is 5.91 Å². The van der Waals surface area contributed by atoms with E-state index < -0.39 is 41.7 Å². The Morgan fingerprint density at radius 2 is 1.67 bits per heavy atom. The van der Waals surface area contributed by atoms with E-state index in [2.05, 4.69) is 5.32 Å². The number of carbonyl (C=O) groups is 2. The van der Waals surface area contributed by atoms with E-state index in [0.29, 0.717) is 12.1 Å². The van der Waals surface area contributed by atoms with Crippen LogP contribution in [0.25, 0.3) is 0 Å². The average Bonchev–Trinajstić information content (AvgIpc) is 2.44. The molecule has 0 bridgehead atoms. The molecule has 0 aliphatic heterocycles. The fraction of sp³-hybridized carbons (Fsp3) is 0.500. The smallest absolute Gasteiger partial charge is 0.416 e. The van der Waals surface area contributed by atoms with E-state index in [1.165, 1.54) is 6.92 Å². The number of rotatable bonds is 6. The zero-order valence-corrected chi connectivity index (χ0v) is 13.4. The van der Waals surface area contributed by atoms with Gasteiger partial charge in [-0.15, -0.1) is 0 Å². The molecule has 1 rings (SSSR count). The van der Waals surface area contributed by atoms with E-state index in [9.17, 15) is 27.2 Å². The van der Waals surface area contributed by atoms with Gasteiger partial charge in [-0.1, -0.05) is 26.0 Å². The van der Waals surface area contributed by atoms with Crippen LogP contribution in [0.2, 0.25) is 0 Å². The highest BCUT2D eigenvalue weighted by Gasteiger charge is 2.36. The topological polar surface area (TPSA) is 66.4 Å².